The fraction of sp³-hybridized carbons (Fsp3) is 0.385. The highest BCUT2D eigenvalue weighted by Gasteiger charge is 2.27. The predicted octanol–water partition coefficient (Wildman–Crippen LogP) is 3.34. The first-order valence-corrected chi connectivity index (χ1v) is 6.62. The molecule has 0 atom stereocenters. The van der Waals surface area contributed by atoms with Crippen molar-refractivity contribution in [1.29, 1.82) is 0 Å². The third-order valence-electron chi connectivity index (χ3n) is 2.78. The Balaban J connectivity index is 2.58. The van der Waals surface area contributed by atoms with Crippen LogP contribution in [0, 0.1) is 23.0 Å². The van der Waals surface area contributed by atoms with Gasteiger partial charge in [-0.15, -0.1) is 0 Å². The number of nitro groups is 1. The highest BCUT2D eigenvalue weighted by molar-refractivity contribution is 6.32. The first-order chi connectivity index (χ1) is 9.40. The molecular weight excluding hydrogens is 280 g/mol. The molecule has 2 heterocycles. The van der Waals surface area contributed by atoms with Crippen LogP contribution in [0.1, 0.15) is 25.1 Å². The fourth-order valence-electron chi connectivity index (χ4n) is 1.92. The molecule has 0 radical (unpaired) electrons. The average Bonchev–Trinajstić information content (AvgIpc) is 2.65. The zero-order valence-corrected chi connectivity index (χ0v) is 12.3. The van der Waals surface area contributed by atoms with Crippen molar-refractivity contribution in [2.24, 2.45) is 5.92 Å². The summed E-state index contributed by atoms with van der Waals surface area (Å²) in [6, 6.07) is 3.62. The first-order valence-electron chi connectivity index (χ1n) is 6.25. The zero-order chi connectivity index (χ0) is 14.9. The summed E-state index contributed by atoms with van der Waals surface area (Å²) in [5.41, 5.74) is 1.23. The first kappa shape index (κ1) is 14.5. The predicted molar refractivity (Wildman–Crippen MR) is 76.3 cm³/mol. The van der Waals surface area contributed by atoms with Gasteiger partial charge in [-0.2, -0.15) is 9.78 Å². The Kier molecular flexibility index (Phi) is 4.04. The zero-order valence-electron chi connectivity index (χ0n) is 11.5. The van der Waals surface area contributed by atoms with Crippen molar-refractivity contribution in [1.82, 2.24) is 14.8 Å². The molecule has 2 aromatic heterocycles. The maximum atomic E-state index is 11.2. The fourth-order valence-corrected chi connectivity index (χ4v) is 2.23. The normalized spacial score (nSPS) is 11.1. The lowest BCUT2D eigenvalue weighted by molar-refractivity contribution is -0.385. The summed E-state index contributed by atoms with van der Waals surface area (Å²) in [5.74, 6) is 0.728. The van der Waals surface area contributed by atoms with E-state index in [0.717, 1.165) is 5.56 Å². The van der Waals surface area contributed by atoms with Crippen molar-refractivity contribution in [2.45, 2.75) is 27.2 Å². The Hall–Kier alpha value is -1.95. The largest absolute Gasteiger partial charge is 0.329 e. The number of hydrogen-bond donors (Lipinski definition) is 0. The van der Waals surface area contributed by atoms with Crippen LogP contribution in [0.2, 0.25) is 5.15 Å². The molecule has 0 bridgehead atoms. The summed E-state index contributed by atoms with van der Waals surface area (Å²) in [4.78, 5) is 14.9. The van der Waals surface area contributed by atoms with Crippen molar-refractivity contribution in [3.05, 3.63) is 44.9 Å². The second-order valence-electron chi connectivity index (χ2n) is 5.04. The monoisotopic (exact) mass is 294 g/mol. The minimum absolute atomic E-state index is 0.0104. The molecule has 0 aliphatic heterocycles. The molecule has 6 nitrogen and oxygen atoms in total. The van der Waals surface area contributed by atoms with E-state index in [4.69, 9.17) is 11.6 Å². The number of aryl methyl sites for hydroxylation is 1. The average molecular weight is 295 g/mol. The molecule has 0 saturated heterocycles. The maximum Gasteiger partial charge on any atom is 0.329 e. The summed E-state index contributed by atoms with van der Waals surface area (Å²) < 4.78 is 1.32. The van der Waals surface area contributed by atoms with Crippen molar-refractivity contribution in [3.8, 4) is 5.82 Å². The second kappa shape index (κ2) is 5.58. The quantitative estimate of drug-likeness (QED) is 0.640. The molecule has 0 amide bonds. The van der Waals surface area contributed by atoms with Crippen LogP contribution in [-0.4, -0.2) is 19.7 Å². The van der Waals surface area contributed by atoms with Gasteiger partial charge in [0, 0.05) is 12.6 Å². The Labute approximate surface area is 121 Å². The lowest BCUT2D eigenvalue weighted by atomic mass is 10.1. The van der Waals surface area contributed by atoms with Crippen LogP contribution < -0.4 is 0 Å². The van der Waals surface area contributed by atoms with Crippen LogP contribution in [0.5, 0.6) is 0 Å². The van der Waals surface area contributed by atoms with E-state index in [1.54, 1.807) is 12.3 Å². The van der Waals surface area contributed by atoms with Gasteiger partial charge in [0.1, 0.15) is 5.69 Å². The molecule has 0 unspecified atom stereocenters. The number of aromatic nitrogens is 3. The van der Waals surface area contributed by atoms with Crippen LogP contribution in [0.15, 0.2) is 18.3 Å². The van der Waals surface area contributed by atoms with E-state index in [1.165, 1.54) is 4.68 Å². The van der Waals surface area contributed by atoms with Crippen LogP contribution >= 0.6 is 11.6 Å². The van der Waals surface area contributed by atoms with E-state index in [-0.39, 0.29) is 16.8 Å². The number of pyridine rings is 1. The van der Waals surface area contributed by atoms with E-state index in [0.29, 0.717) is 17.9 Å². The Morgan fingerprint density at radius 2 is 2.20 bits per heavy atom. The van der Waals surface area contributed by atoms with Crippen LogP contribution in [0.3, 0.4) is 0 Å². The third kappa shape index (κ3) is 2.80. The Morgan fingerprint density at radius 3 is 2.75 bits per heavy atom. The third-order valence-corrected chi connectivity index (χ3v) is 3.12. The summed E-state index contributed by atoms with van der Waals surface area (Å²) in [7, 11) is 0. The lowest BCUT2D eigenvalue weighted by Crippen LogP contribution is -2.02. The Bertz CT molecular complexity index is 652. The highest BCUT2D eigenvalue weighted by atomic mass is 35.5. The Morgan fingerprint density at radius 1 is 1.50 bits per heavy atom. The van der Waals surface area contributed by atoms with Crippen LogP contribution in [0.4, 0.5) is 5.69 Å². The van der Waals surface area contributed by atoms with Gasteiger partial charge in [0.15, 0.2) is 5.82 Å². The highest BCUT2D eigenvalue weighted by Crippen LogP contribution is 2.31. The lowest BCUT2D eigenvalue weighted by Gasteiger charge is -2.02. The van der Waals surface area contributed by atoms with E-state index in [9.17, 15) is 10.1 Å². The minimum atomic E-state index is -0.487. The van der Waals surface area contributed by atoms with E-state index in [2.05, 4.69) is 10.1 Å². The summed E-state index contributed by atoms with van der Waals surface area (Å²) in [5, 5.41) is 15.4. The molecule has 0 aliphatic rings. The molecule has 0 aromatic carbocycles. The van der Waals surface area contributed by atoms with Gasteiger partial charge < -0.3 is 0 Å². The van der Waals surface area contributed by atoms with Crippen molar-refractivity contribution >= 4 is 17.3 Å². The van der Waals surface area contributed by atoms with Crippen molar-refractivity contribution in [3.63, 3.8) is 0 Å². The smallest absolute Gasteiger partial charge is 0.258 e. The standard InChI is InChI=1S/C13H15ClN4O2/c1-8(2)6-10-12(18(19)20)13(14)17(16-10)11-7-9(3)4-5-15-11/h4-5,7-8H,6H2,1-3H3. The molecule has 106 valence electrons. The van der Waals surface area contributed by atoms with E-state index < -0.39 is 4.92 Å². The minimum Gasteiger partial charge on any atom is -0.258 e. The molecule has 0 fully saturated rings. The maximum absolute atomic E-state index is 11.2. The van der Waals surface area contributed by atoms with Gasteiger partial charge in [-0.05, 0) is 30.5 Å². The number of halogens is 1. The molecule has 2 rings (SSSR count). The van der Waals surface area contributed by atoms with Gasteiger partial charge in [0.2, 0.25) is 5.15 Å². The van der Waals surface area contributed by atoms with Gasteiger partial charge in [-0.3, -0.25) is 10.1 Å². The van der Waals surface area contributed by atoms with Gasteiger partial charge >= 0.3 is 5.69 Å². The second-order valence-corrected chi connectivity index (χ2v) is 5.40. The summed E-state index contributed by atoms with van der Waals surface area (Å²) in [6.45, 7) is 5.86. The van der Waals surface area contributed by atoms with Gasteiger partial charge in [-0.25, -0.2) is 4.98 Å². The molecule has 20 heavy (non-hydrogen) atoms. The molecule has 2 aromatic rings. The van der Waals surface area contributed by atoms with Crippen molar-refractivity contribution < 1.29 is 4.92 Å². The molecule has 0 saturated carbocycles. The SMILES string of the molecule is Cc1ccnc(-n2nc(CC(C)C)c([N+](=O)[O-])c2Cl)c1. The van der Waals surface area contributed by atoms with E-state index in [1.807, 2.05) is 26.8 Å². The van der Waals surface area contributed by atoms with Crippen LogP contribution in [-0.2, 0) is 6.42 Å². The molecular formula is C13H15ClN4O2. The van der Waals surface area contributed by atoms with Crippen LogP contribution in [0.25, 0.3) is 5.82 Å². The molecule has 0 aliphatic carbocycles. The summed E-state index contributed by atoms with van der Waals surface area (Å²) >= 11 is 6.11. The van der Waals surface area contributed by atoms with Gasteiger partial charge in [-0.1, -0.05) is 25.4 Å². The number of rotatable bonds is 4. The number of nitrogens with zero attached hydrogens (tertiary/aromatic N) is 4. The summed E-state index contributed by atoms with van der Waals surface area (Å²) in [6.07, 6.45) is 2.12. The van der Waals surface area contributed by atoms with E-state index >= 15 is 0 Å². The van der Waals surface area contributed by atoms with Crippen molar-refractivity contribution in [2.75, 3.05) is 0 Å². The van der Waals surface area contributed by atoms with Gasteiger partial charge in [0.25, 0.3) is 0 Å². The topological polar surface area (TPSA) is 73.8 Å². The molecule has 7 heteroatoms. The number of hydrogen-bond acceptors (Lipinski definition) is 4. The molecule has 0 N–H and O–H groups in total. The van der Waals surface area contributed by atoms with Gasteiger partial charge in [0.05, 0.1) is 4.92 Å². The molecule has 0 spiro atoms.